The zero-order valence-corrected chi connectivity index (χ0v) is 9.51. The van der Waals surface area contributed by atoms with Gasteiger partial charge in [-0.1, -0.05) is 12.1 Å². The topological polar surface area (TPSA) is 86.6 Å². The Balaban J connectivity index is 2.71. The minimum absolute atomic E-state index is 0.0653. The van der Waals surface area contributed by atoms with E-state index in [0.717, 1.165) is 0 Å². The zero-order valence-electron chi connectivity index (χ0n) is 9.51. The zero-order chi connectivity index (χ0) is 12.8. The van der Waals surface area contributed by atoms with E-state index < -0.39 is 11.9 Å². The van der Waals surface area contributed by atoms with Crippen LogP contribution in [0.2, 0.25) is 0 Å². The van der Waals surface area contributed by atoms with Crippen LogP contribution in [-0.2, 0) is 4.79 Å². The Kier molecular flexibility index (Phi) is 4.66. The van der Waals surface area contributed by atoms with Crippen LogP contribution in [0.5, 0.6) is 5.75 Å². The molecule has 0 heterocycles. The van der Waals surface area contributed by atoms with Gasteiger partial charge >= 0.3 is 0 Å². The largest absolute Gasteiger partial charge is 0.507 e. The third-order valence-electron chi connectivity index (χ3n) is 2.24. The molecule has 3 N–H and O–H groups in total. The number of para-hydroxylation sites is 1. The molecule has 0 aromatic heterocycles. The first-order chi connectivity index (χ1) is 8.04. The van der Waals surface area contributed by atoms with Gasteiger partial charge in [0, 0.05) is 6.42 Å². The number of nitrogens with one attached hydrogen (secondary N) is 1. The van der Waals surface area contributed by atoms with Gasteiger partial charge in [0.05, 0.1) is 18.2 Å². The number of aliphatic hydroxyl groups excluding tert-OH is 1. The number of hydrogen-bond donors (Lipinski definition) is 3. The molecule has 92 valence electrons. The maximum absolute atomic E-state index is 11.7. The van der Waals surface area contributed by atoms with Crippen molar-refractivity contribution in [1.82, 2.24) is 5.32 Å². The summed E-state index contributed by atoms with van der Waals surface area (Å²) in [5.74, 6) is -0.769. The Hall–Kier alpha value is -1.88. The highest BCUT2D eigenvalue weighted by molar-refractivity contribution is 5.97. The van der Waals surface area contributed by atoms with Crippen LogP contribution >= 0.6 is 0 Å². The van der Waals surface area contributed by atoms with Gasteiger partial charge in [-0.2, -0.15) is 0 Å². The molecule has 0 aliphatic rings. The summed E-state index contributed by atoms with van der Waals surface area (Å²) in [6.07, 6.45) is 0.0653. The Morgan fingerprint density at radius 1 is 1.35 bits per heavy atom. The Labute approximate surface area is 99.1 Å². The molecule has 1 aromatic carbocycles. The summed E-state index contributed by atoms with van der Waals surface area (Å²) in [6, 6.07) is 5.46. The second kappa shape index (κ2) is 6.00. The number of rotatable bonds is 5. The van der Waals surface area contributed by atoms with Crippen molar-refractivity contribution in [3.63, 3.8) is 0 Å². The molecule has 0 aliphatic heterocycles. The lowest BCUT2D eigenvalue weighted by molar-refractivity contribution is -0.117. The summed E-state index contributed by atoms with van der Waals surface area (Å²) in [7, 11) is 0. The third-order valence-corrected chi connectivity index (χ3v) is 2.24. The second-order valence-electron chi connectivity index (χ2n) is 3.78. The van der Waals surface area contributed by atoms with Gasteiger partial charge < -0.3 is 15.5 Å². The average Bonchev–Trinajstić information content (AvgIpc) is 2.27. The van der Waals surface area contributed by atoms with Gasteiger partial charge in [0.2, 0.25) is 0 Å². The quantitative estimate of drug-likeness (QED) is 0.694. The fourth-order valence-corrected chi connectivity index (χ4v) is 1.44. The van der Waals surface area contributed by atoms with Crippen molar-refractivity contribution in [3.8, 4) is 5.75 Å². The second-order valence-corrected chi connectivity index (χ2v) is 3.78. The van der Waals surface area contributed by atoms with Gasteiger partial charge in [-0.25, -0.2) is 0 Å². The van der Waals surface area contributed by atoms with Crippen LogP contribution in [0.3, 0.4) is 0 Å². The maximum atomic E-state index is 11.7. The lowest BCUT2D eigenvalue weighted by Gasteiger charge is -2.15. The number of benzene rings is 1. The Bertz CT molecular complexity index is 417. The summed E-state index contributed by atoms with van der Waals surface area (Å²) < 4.78 is 0. The van der Waals surface area contributed by atoms with E-state index in [2.05, 4.69) is 5.32 Å². The van der Waals surface area contributed by atoms with Crippen molar-refractivity contribution < 1.29 is 19.8 Å². The minimum atomic E-state index is -0.625. The van der Waals surface area contributed by atoms with Gasteiger partial charge in [0.15, 0.2) is 0 Å². The van der Waals surface area contributed by atoms with E-state index in [1.165, 1.54) is 19.1 Å². The van der Waals surface area contributed by atoms with E-state index in [9.17, 15) is 14.7 Å². The number of aromatic hydroxyl groups is 1. The number of phenols is 1. The van der Waals surface area contributed by atoms with Gasteiger partial charge in [-0.05, 0) is 19.1 Å². The lowest BCUT2D eigenvalue weighted by Crippen LogP contribution is -2.38. The van der Waals surface area contributed by atoms with E-state index in [-0.39, 0.29) is 30.1 Å². The van der Waals surface area contributed by atoms with Crippen molar-refractivity contribution in [2.24, 2.45) is 0 Å². The Morgan fingerprint density at radius 2 is 2.00 bits per heavy atom. The first-order valence-corrected chi connectivity index (χ1v) is 5.23. The first-order valence-electron chi connectivity index (χ1n) is 5.23. The van der Waals surface area contributed by atoms with Crippen molar-refractivity contribution in [2.45, 2.75) is 19.4 Å². The normalized spacial score (nSPS) is 11.9. The third kappa shape index (κ3) is 3.88. The van der Waals surface area contributed by atoms with Crippen LogP contribution < -0.4 is 5.32 Å². The van der Waals surface area contributed by atoms with Gasteiger partial charge in [0.25, 0.3) is 5.91 Å². The van der Waals surface area contributed by atoms with Crippen LogP contribution in [-0.4, -0.2) is 34.6 Å². The van der Waals surface area contributed by atoms with Crippen LogP contribution in [0.4, 0.5) is 0 Å². The first kappa shape index (κ1) is 13.2. The number of hydrogen-bond acceptors (Lipinski definition) is 4. The molecule has 0 aliphatic carbocycles. The molecular formula is C12H15NO4. The van der Waals surface area contributed by atoms with Gasteiger partial charge in [-0.3, -0.25) is 9.59 Å². The number of aliphatic hydroxyl groups is 1. The summed E-state index contributed by atoms with van der Waals surface area (Å²) in [5.41, 5.74) is 0.120. The number of ketones is 1. The van der Waals surface area contributed by atoms with Gasteiger partial charge in [-0.15, -0.1) is 0 Å². The molecule has 1 aromatic rings. The summed E-state index contributed by atoms with van der Waals surface area (Å²) in [5, 5.41) is 21.0. The molecule has 0 spiro atoms. The highest BCUT2D eigenvalue weighted by Gasteiger charge is 2.16. The van der Waals surface area contributed by atoms with Crippen molar-refractivity contribution in [1.29, 1.82) is 0 Å². The fourth-order valence-electron chi connectivity index (χ4n) is 1.44. The highest BCUT2D eigenvalue weighted by atomic mass is 16.3. The van der Waals surface area contributed by atoms with Crippen LogP contribution in [0.15, 0.2) is 24.3 Å². The molecule has 1 amide bonds. The lowest BCUT2D eigenvalue weighted by atomic mass is 10.1. The molecule has 1 rings (SSSR count). The fraction of sp³-hybridized carbons (Fsp3) is 0.333. The molecule has 0 radical (unpaired) electrons. The SMILES string of the molecule is CC(=O)CC(CO)NC(=O)c1ccccc1O. The molecule has 17 heavy (non-hydrogen) atoms. The van der Waals surface area contributed by atoms with Crippen molar-refractivity contribution in [2.75, 3.05) is 6.61 Å². The molecule has 1 atom stereocenters. The Morgan fingerprint density at radius 3 is 2.53 bits per heavy atom. The molecule has 0 saturated heterocycles. The van der Waals surface area contributed by atoms with Crippen LogP contribution in [0, 0.1) is 0 Å². The van der Waals surface area contributed by atoms with E-state index in [4.69, 9.17) is 5.11 Å². The number of carbonyl (C=O) groups excluding carboxylic acids is 2. The summed E-state index contributed by atoms with van der Waals surface area (Å²) in [4.78, 5) is 22.6. The molecule has 5 heteroatoms. The average molecular weight is 237 g/mol. The molecular weight excluding hydrogens is 222 g/mol. The number of phenolic OH excluding ortho intramolecular Hbond substituents is 1. The summed E-state index contributed by atoms with van der Waals surface area (Å²) in [6.45, 7) is 1.06. The van der Waals surface area contributed by atoms with Gasteiger partial charge in [0.1, 0.15) is 11.5 Å². The monoisotopic (exact) mass is 237 g/mol. The van der Waals surface area contributed by atoms with E-state index in [0.29, 0.717) is 0 Å². The number of Topliss-reactive ketones (excluding diaryl/α,β-unsaturated/α-hetero) is 1. The molecule has 1 unspecified atom stereocenters. The van der Waals surface area contributed by atoms with Crippen LogP contribution in [0.25, 0.3) is 0 Å². The molecule has 5 nitrogen and oxygen atoms in total. The predicted octanol–water partition coefficient (Wildman–Crippen LogP) is 0.462. The number of carbonyl (C=O) groups is 2. The van der Waals surface area contributed by atoms with E-state index in [1.54, 1.807) is 12.1 Å². The predicted molar refractivity (Wildman–Crippen MR) is 61.7 cm³/mol. The van der Waals surface area contributed by atoms with Crippen molar-refractivity contribution in [3.05, 3.63) is 29.8 Å². The molecule has 0 bridgehead atoms. The molecule has 0 saturated carbocycles. The summed E-state index contributed by atoms with van der Waals surface area (Å²) >= 11 is 0. The smallest absolute Gasteiger partial charge is 0.255 e. The minimum Gasteiger partial charge on any atom is -0.507 e. The maximum Gasteiger partial charge on any atom is 0.255 e. The van der Waals surface area contributed by atoms with E-state index in [1.807, 2.05) is 0 Å². The number of amides is 1. The van der Waals surface area contributed by atoms with Crippen LogP contribution in [0.1, 0.15) is 23.7 Å². The molecule has 0 fully saturated rings. The van der Waals surface area contributed by atoms with E-state index >= 15 is 0 Å². The highest BCUT2D eigenvalue weighted by Crippen LogP contribution is 2.15. The van der Waals surface area contributed by atoms with Crippen molar-refractivity contribution >= 4 is 11.7 Å². The standard InChI is InChI=1S/C12H15NO4/c1-8(15)6-9(7-14)13-12(17)10-4-2-3-5-11(10)16/h2-5,9,14,16H,6-7H2,1H3,(H,13,17).